The number of nitrogens with zero attached hydrogens (tertiary/aromatic N) is 2. The number of thiophene rings is 1. The van der Waals surface area contributed by atoms with Crippen molar-refractivity contribution in [3.8, 4) is 0 Å². The highest BCUT2D eigenvalue weighted by Gasteiger charge is 2.39. The molecule has 1 fully saturated rings. The third-order valence-corrected chi connectivity index (χ3v) is 4.27. The van der Waals surface area contributed by atoms with Crippen LogP contribution in [0.1, 0.15) is 25.8 Å². The van der Waals surface area contributed by atoms with Crippen molar-refractivity contribution < 1.29 is 14.4 Å². The van der Waals surface area contributed by atoms with E-state index in [1.807, 2.05) is 30.7 Å². The molecule has 1 atom stereocenters. The lowest BCUT2D eigenvalue weighted by Crippen LogP contribution is -2.41. The Morgan fingerprint density at radius 2 is 2.18 bits per heavy atom. The number of likely N-dealkylation sites (N-methyl/N-ethyl adjacent to an activating group) is 1. The molecule has 6 nitrogen and oxygen atoms in total. The average Bonchev–Trinajstić information content (AvgIpc) is 3.02. The number of hydrogen-bond acceptors (Lipinski definition) is 4. The Kier molecular flexibility index (Phi) is 5.18. The molecule has 0 spiro atoms. The van der Waals surface area contributed by atoms with E-state index in [2.05, 4.69) is 5.32 Å². The molecule has 0 saturated carbocycles. The van der Waals surface area contributed by atoms with Crippen LogP contribution in [0.5, 0.6) is 0 Å². The summed E-state index contributed by atoms with van der Waals surface area (Å²) >= 11 is 1.57. The summed E-state index contributed by atoms with van der Waals surface area (Å²) in [6.07, 6.45) is 0.583. The monoisotopic (exact) mass is 323 g/mol. The molecule has 4 amide bonds. The summed E-state index contributed by atoms with van der Waals surface area (Å²) in [7, 11) is 1.67. The van der Waals surface area contributed by atoms with Crippen LogP contribution < -0.4 is 5.32 Å². The van der Waals surface area contributed by atoms with Crippen LogP contribution in [0, 0.1) is 5.92 Å². The van der Waals surface area contributed by atoms with Crippen LogP contribution >= 0.6 is 11.3 Å². The van der Waals surface area contributed by atoms with Crippen molar-refractivity contribution in [1.82, 2.24) is 15.1 Å². The van der Waals surface area contributed by atoms with E-state index >= 15 is 0 Å². The van der Waals surface area contributed by atoms with Gasteiger partial charge in [0.05, 0.1) is 0 Å². The first kappa shape index (κ1) is 16.5. The Hall–Kier alpha value is -1.89. The summed E-state index contributed by atoms with van der Waals surface area (Å²) in [4.78, 5) is 38.8. The Morgan fingerprint density at radius 1 is 1.45 bits per heavy atom. The van der Waals surface area contributed by atoms with Gasteiger partial charge < -0.3 is 10.2 Å². The molecule has 0 bridgehead atoms. The van der Waals surface area contributed by atoms with Crippen molar-refractivity contribution in [3.05, 3.63) is 22.4 Å². The van der Waals surface area contributed by atoms with Gasteiger partial charge in [-0.1, -0.05) is 13.8 Å². The first-order chi connectivity index (χ1) is 10.4. The summed E-state index contributed by atoms with van der Waals surface area (Å²) in [5.74, 6) is -0.262. The number of nitrogens with one attached hydrogen (secondary N) is 1. The first-order valence-corrected chi connectivity index (χ1v) is 8.19. The van der Waals surface area contributed by atoms with Crippen molar-refractivity contribution in [2.45, 2.75) is 32.9 Å². The quantitative estimate of drug-likeness (QED) is 0.810. The Bertz CT molecular complexity index is 556. The number of hydrogen-bond donors (Lipinski definition) is 1. The minimum absolute atomic E-state index is 0.208. The molecule has 0 aromatic carbocycles. The topological polar surface area (TPSA) is 69.7 Å². The van der Waals surface area contributed by atoms with Crippen LogP contribution in [0.2, 0.25) is 0 Å². The summed E-state index contributed by atoms with van der Waals surface area (Å²) in [6.45, 7) is 4.24. The van der Waals surface area contributed by atoms with Gasteiger partial charge in [0, 0.05) is 13.6 Å². The zero-order valence-corrected chi connectivity index (χ0v) is 13.9. The van der Waals surface area contributed by atoms with E-state index < -0.39 is 12.1 Å². The highest BCUT2D eigenvalue weighted by molar-refractivity contribution is 7.07. The second kappa shape index (κ2) is 6.91. The molecule has 1 aromatic heterocycles. The van der Waals surface area contributed by atoms with E-state index in [4.69, 9.17) is 0 Å². The Balaban J connectivity index is 1.93. The minimum Gasteiger partial charge on any atom is -0.340 e. The third kappa shape index (κ3) is 3.85. The maximum absolute atomic E-state index is 12.2. The molecular weight excluding hydrogens is 302 g/mol. The minimum atomic E-state index is -0.512. The second-order valence-corrected chi connectivity index (χ2v) is 6.72. The largest absolute Gasteiger partial charge is 0.340 e. The van der Waals surface area contributed by atoms with Gasteiger partial charge in [-0.3, -0.25) is 14.5 Å². The van der Waals surface area contributed by atoms with Gasteiger partial charge in [0.25, 0.3) is 5.91 Å². The zero-order valence-electron chi connectivity index (χ0n) is 13.0. The van der Waals surface area contributed by atoms with E-state index in [1.165, 1.54) is 4.90 Å². The highest BCUT2D eigenvalue weighted by atomic mass is 32.1. The standard InChI is InChI=1S/C15H21N3O3S/c1-10(2)6-12-14(20)18(15(21)16-12)8-13(19)17(3)7-11-4-5-22-9-11/h4-5,9-10,12H,6-8H2,1-3H3,(H,16,21)/t12-/m1/s1. The van der Waals surface area contributed by atoms with E-state index in [9.17, 15) is 14.4 Å². The van der Waals surface area contributed by atoms with Gasteiger partial charge in [-0.05, 0) is 34.7 Å². The second-order valence-electron chi connectivity index (χ2n) is 5.94. The van der Waals surface area contributed by atoms with Crippen molar-refractivity contribution in [2.24, 2.45) is 5.92 Å². The van der Waals surface area contributed by atoms with E-state index in [1.54, 1.807) is 18.4 Å². The summed E-state index contributed by atoms with van der Waals surface area (Å²) in [5, 5.41) is 6.56. The molecule has 22 heavy (non-hydrogen) atoms. The number of imide groups is 1. The number of urea groups is 1. The predicted molar refractivity (Wildman–Crippen MR) is 84.3 cm³/mol. The molecular formula is C15H21N3O3S. The molecule has 2 heterocycles. The fourth-order valence-corrected chi connectivity index (χ4v) is 3.02. The number of carbonyl (C=O) groups is 3. The van der Waals surface area contributed by atoms with Gasteiger partial charge in [0.2, 0.25) is 5.91 Å². The summed E-state index contributed by atoms with van der Waals surface area (Å²) in [6, 6.07) is 0.955. The molecule has 7 heteroatoms. The molecule has 1 aromatic rings. The van der Waals surface area contributed by atoms with Crippen LogP contribution in [0.15, 0.2) is 16.8 Å². The third-order valence-electron chi connectivity index (χ3n) is 3.53. The fourth-order valence-electron chi connectivity index (χ4n) is 2.36. The van der Waals surface area contributed by atoms with Crippen molar-refractivity contribution in [3.63, 3.8) is 0 Å². The molecule has 1 aliphatic rings. The fraction of sp³-hybridized carbons (Fsp3) is 0.533. The van der Waals surface area contributed by atoms with Crippen molar-refractivity contribution >= 4 is 29.2 Å². The van der Waals surface area contributed by atoms with Gasteiger partial charge in [-0.15, -0.1) is 0 Å². The van der Waals surface area contributed by atoms with Crippen LogP contribution in [-0.2, 0) is 16.1 Å². The first-order valence-electron chi connectivity index (χ1n) is 7.25. The summed E-state index contributed by atoms with van der Waals surface area (Å²) < 4.78 is 0. The number of rotatable bonds is 6. The molecule has 0 unspecified atom stereocenters. The molecule has 2 rings (SSSR count). The van der Waals surface area contributed by atoms with Crippen LogP contribution in [-0.4, -0.2) is 47.3 Å². The summed E-state index contributed by atoms with van der Waals surface area (Å²) in [5.41, 5.74) is 1.04. The number of carbonyl (C=O) groups excluding carboxylic acids is 3. The molecule has 120 valence electrons. The Morgan fingerprint density at radius 3 is 2.77 bits per heavy atom. The van der Waals surface area contributed by atoms with Gasteiger partial charge in [-0.2, -0.15) is 11.3 Å². The molecule has 0 radical (unpaired) electrons. The van der Waals surface area contributed by atoms with Gasteiger partial charge in [0.1, 0.15) is 12.6 Å². The average molecular weight is 323 g/mol. The van der Waals surface area contributed by atoms with Gasteiger partial charge in [-0.25, -0.2) is 4.79 Å². The van der Waals surface area contributed by atoms with Gasteiger partial charge >= 0.3 is 6.03 Å². The normalized spacial score (nSPS) is 18.0. The molecule has 0 aliphatic carbocycles. The van der Waals surface area contributed by atoms with Crippen LogP contribution in [0.4, 0.5) is 4.79 Å². The zero-order chi connectivity index (χ0) is 16.3. The smallest absolute Gasteiger partial charge is 0.325 e. The van der Waals surface area contributed by atoms with Crippen LogP contribution in [0.3, 0.4) is 0 Å². The number of amides is 4. The molecule has 1 N–H and O–H groups in total. The van der Waals surface area contributed by atoms with Gasteiger partial charge in [0.15, 0.2) is 0 Å². The van der Waals surface area contributed by atoms with Crippen molar-refractivity contribution in [1.29, 1.82) is 0 Å². The maximum atomic E-state index is 12.2. The van der Waals surface area contributed by atoms with E-state index in [0.29, 0.717) is 18.9 Å². The van der Waals surface area contributed by atoms with Crippen molar-refractivity contribution in [2.75, 3.05) is 13.6 Å². The lowest BCUT2D eigenvalue weighted by atomic mass is 10.0. The van der Waals surface area contributed by atoms with E-state index in [0.717, 1.165) is 10.5 Å². The molecule has 1 aliphatic heterocycles. The predicted octanol–water partition coefficient (Wildman–Crippen LogP) is 1.67. The lowest BCUT2D eigenvalue weighted by Gasteiger charge is -2.20. The highest BCUT2D eigenvalue weighted by Crippen LogP contribution is 2.15. The SMILES string of the molecule is CC(C)C[C@H]1NC(=O)N(CC(=O)N(C)Cc2ccsc2)C1=O. The Labute approximate surface area is 134 Å². The van der Waals surface area contributed by atoms with Crippen LogP contribution in [0.25, 0.3) is 0 Å². The lowest BCUT2D eigenvalue weighted by molar-refractivity contribution is -0.137. The van der Waals surface area contributed by atoms with E-state index in [-0.39, 0.29) is 18.4 Å². The maximum Gasteiger partial charge on any atom is 0.325 e. The molecule has 1 saturated heterocycles.